The zero-order valence-electron chi connectivity index (χ0n) is 9.65. The molecule has 1 aliphatic heterocycles. The molecule has 1 N–H and O–H groups in total. The van der Waals surface area contributed by atoms with Gasteiger partial charge in [0.2, 0.25) is 0 Å². The van der Waals surface area contributed by atoms with Crippen LogP contribution in [-0.4, -0.2) is 34.1 Å². The van der Waals surface area contributed by atoms with Crippen molar-refractivity contribution in [2.45, 2.75) is 12.8 Å². The van der Waals surface area contributed by atoms with Crippen molar-refractivity contribution in [2.24, 2.45) is 5.92 Å². The lowest BCUT2D eigenvalue weighted by Crippen LogP contribution is -2.39. The maximum absolute atomic E-state index is 10.9. The minimum absolute atomic E-state index is 0.0643. The molecule has 1 saturated heterocycles. The number of hydrogen-bond acceptors (Lipinski definition) is 5. The van der Waals surface area contributed by atoms with Crippen molar-refractivity contribution in [3.05, 3.63) is 28.4 Å². The first kappa shape index (κ1) is 12.3. The molecule has 0 bridgehead atoms. The summed E-state index contributed by atoms with van der Waals surface area (Å²) in [6.45, 7) is 1.13. The van der Waals surface area contributed by atoms with Crippen LogP contribution < -0.4 is 4.90 Å². The Hall–Kier alpha value is -2.18. The van der Waals surface area contributed by atoms with Gasteiger partial charge in [0.15, 0.2) is 0 Å². The average molecular weight is 251 g/mol. The van der Waals surface area contributed by atoms with Crippen molar-refractivity contribution in [1.82, 2.24) is 4.98 Å². The van der Waals surface area contributed by atoms with Gasteiger partial charge in [-0.25, -0.2) is 4.98 Å². The Morgan fingerprint density at radius 2 is 2.33 bits per heavy atom. The van der Waals surface area contributed by atoms with Crippen LogP contribution in [0.2, 0.25) is 0 Å². The standard InChI is InChI=1S/C11H13N3O4/c15-11(16)8-2-1-5-13(7-8)10-4-3-9(6-12-10)14(17)18/h3-4,6,8H,1-2,5,7H2,(H,15,16)/t8-/m1/s1. The van der Waals surface area contributed by atoms with Crippen LogP contribution >= 0.6 is 0 Å². The topological polar surface area (TPSA) is 96.6 Å². The van der Waals surface area contributed by atoms with Crippen LogP contribution in [0.15, 0.2) is 18.3 Å². The molecule has 1 aromatic heterocycles. The first-order valence-electron chi connectivity index (χ1n) is 5.66. The third kappa shape index (κ3) is 2.55. The fourth-order valence-electron chi connectivity index (χ4n) is 2.06. The van der Waals surface area contributed by atoms with Crippen molar-refractivity contribution in [1.29, 1.82) is 0 Å². The lowest BCUT2D eigenvalue weighted by Gasteiger charge is -2.31. The summed E-state index contributed by atoms with van der Waals surface area (Å²) in [5.74, 6) is -0.607. The Labute approximate surface area is 103 Å². The number of pyridine rings is 1. The van der Waals surface area contributed by atoms with Gasteiger partial charge in [-0.2, -0.15) is 0 Å². The van der Waals surface area contributed by atoms with Crippen LogP contribution in [0, 0.1) is 16.0 Å². The van der Waals surface area contributed by atoms with E-state index in [2.05, 4.69) is 4.98 Å². The highest BCUT2D eigenvalue weighted by atomic mass is 16.6. The van der Waals surface area contributed by atoms with E-state index in [0.717, 1.165) is 13.0 Å². The third-order valence-corrected chi connectivity index (χ3v) is 3.04. The summed E-state index contributed by atoms with van der Waals surface area (Å²) < 4.78 is 0. The fourth-order valence-corrected chi connectivity index (χ4v) is 2.06. The minimum Gasteiger partial charge on any atom is -0.481 e. The molecule has 0 unspecified atom stereocenters. The Balaban J connectivity index is 2.11. The van der Waals surface area contributed by atoms with Crippen molar-refractivity contribution in [3.63, 3.8) is 0 Å². The smallest absolute Gasteiger partial charge is 0.308 e. The first-order chi connectivity index (χ1) is 8.58. The Kier molecular flexibility index (Phi) is 3.40. The van der Waals surface area contributed by atoms with E-state index in [1.54, 1.807) is 6.07 Å². The maximum atomic E-state index is 10.9. The van der Waals surface area contributed by atoms with Crippen LogP contribution in [0.25, 0.3) is 0 Å². The molecule has 2 heterocycles. The molecule has 0 aromatic carbocycles. The second-order valence-corrected chi connectivity index (χ2v) is 4.26. The highest BCUT2D eigenvalue weighted by Gasteiger charge is 2.26. The van der Waals surface area contributed by atoms with Crippen LogP contribution in [0.5, 0.6) is 0 Å². The van der Waals surface area contributed by atoms with Crippen LogP contribution in [0.3, 0.4) is 0 Å². The molecule has 18 heavy (non-hydrogen) atoms. The lowest BCUT2D eigenvalue weighted by molar-refractivity contribution is -0.385. The van der Waals surface area contributed by atoms with Crippen molar-refractivity contribution >= 4 is 17.5 Å². The third-order valence-electron chi connectivity index (χ3n) is 3.04. The van der Waals surface area contributed by atoms with Gasteiger partial charge in [0.25, 0.3) is 5.69 Å². The van der Waals surface area contributed by atoms with E-state index >= 15 is 0 Å². The number of hydrogen-bond donors (Lipinski definition) is 1. The average Bonchev–Trinajstić information content (AvgIpc) is 2.39. The largest absolute Gasteiger partial charge is 0.481 e. The second kappa shape index (κ2) is 4.99. The Morgan fingerprint density at radius 1 is 1.56 bits per heavy atom. The molecule has 1 aromatic rings. The van der Waals surface area contributed by atoms with Crippen LogP contribution in [0.1, 0.15) is 12.8 Å². The number of nitro groups is 1. The van der Waals surface area contributed by atoms with Crippen LogP contribution in [0.4, 0.5) is 11.5 Å². The van der Waals surface area contributed by atoms with Crippen LogP contribution in [-0.2, 0) is 4.79 Å². The number of rotatable bonds is 3. The normalized spacial score (nSPS) is 19.6. The lowest BCUT2D eigenvalue weighted by atomic mass is 9.98. The predicted molar refractivity (Wildman–Crippen MR) is 63.5 cm³/mol. The number of anilines is 1. The van der Waals surface area contributed by atoms with E-state index in [9.17, 15) is 14.9 Å². The molecule has 0 radical (unpaired) electrons. The molecule has 0 saturated carbocycles. The summed E-state index contributed by atoms with van der Waals surface area (Å²) in [7, 11) is 0. The van der Waals surface area contributed by atoms with Gasteiger partial charge in [-0.3, -0.25) is 14.9 Å². The summed E-state index contributed by atoms with van der Waals surface area (Å²) in [5, 5.41) is 19.5. The van der Waals surface area contributed by atoms with E-state index in [4.69, 9.17) is 5.11 Å². The van der Waals surface area contributed by atoms with E-state index in [-0.39, 0.29) is 5.69 Å². The Morgan fingerprint density at radius 3 is 2.89 bits per heavy atom. The summed E-state index contributed by atoms with van der Waals surface area (Å²) in [5.41, 5.74) is -0.0643. The molecule has 0 aliphatic carbocycles. The molecule has 0 amide bonds. The fraction of sp³-hybridized carbons (Fsp3) is 0.455. The molecule has 1 aliphatic rings. The number of carbonyl (C=O) groups is 1. The number of piperidine rings is 1. The van der Waals surface area contributed by atoms with E-state index in [0.29, 0.717) is 18.8 Å². The SMILES string of the molecule is O=C(O)[C@@H]1CCCN(c2ccc([N+](=O)[O-])cn2)C1. The molecule has 96 valence electrons. The zero-order valence-corrected chi connectivity index (χ0v) is 9.65. The van der Waals surface area contributed by atoms with Gasteiger partial charge in [-0.1, -0.05) is 0 Å². The number of aliphatic carboxylic acids is 1. The highest BCUT2D eigenvalue weighted by Crippen LogP contribution is 2.23. The summed E-state index contributed by atoms with van der Waals surface area (Å²) in [4.78, 5) is 26.8. The van der Waals surface area contributed by atoms with Gasteiger partial charge in [-0.15, -0.1) is 0 Å². The molecule has 0 spiro atoms. The molecule has 7 heteroatoms. The molecule has 1 atom stereocenters. The summed E-state index contributed by atoms with van der Waals surface area (Å²) >= 11 is 0. The van der Waals surface area contributed by atoms with Gasteiger partial charge >= 0.3 is 5.97 Å². The van der Waals surface area contributed by atoms with Gasteiger partial charge in [-0.05, 0) is 18.9 Å². The number of carboxylic acid groups (broad SMARTS) is 1. The monoisotopic (exact) mass is 251 g/mol. The first-order valence-corrected chi connectivity index (χ1v) is 5.66. The number of carboxylic acids is 1. The Bertz CT molecular complexity index is 460. The summed E-state index contributed by atoms with van der Waals surface area (Å²) in [6, 6.07) is 2.94. The van der Waals surface area contributed by atoms with E-state index < -0.39 is 16.8 Å². The zero-order chi connectivity index (χ0) is 13.1. The summed E-state index contributed by atoms with van der Waals surface area (Å²) in [6.07, 6.45) is 2.65. The van der Waals surface area contributed by atoms with Gasteiger partial charge in [0.1, 0.15) is 12.0 Å². The van der Waals surface area contributed by atoms with Crippen molar-refractivity contribution in [2.75, 3.05) is 18.0 Å². The molecule has 1 fully saturated rings. The van der Waals surface area contributed by atoms with Gasteiger partial charge in [0, 0.05) is 19.2 Å². The molecular weight excluding hydrogens is 238 g/mol. The quantitative estimate of drug-likeness (QED) is 0.642. The minimum atomic E-state index is -0.804. The predicted octanol–water partition coefficient (Wildman–Crippen LogP) is 1.29. The number of nitrogens with zero attached hydrogens (tertiary/aromatic N) is 3. The van der Waals surface area contributed by atoms with Crippen molar-refractivity contribution < 1.29 is 14.8 Å². The molecular formula is C11H13N3O4. The molecule has 2 rings (SSSR count). The number of aromatic nitrogens is 1. The van der Waals surface area contributed by atoms with Gasteiger partial charge < -0.3 is 10.0 Å². The highest BCUT2D eigenvalue weighted by molar-refractivity contribution is 5.71. The van der Waals surface area contributed by atoms with Gasteiger partial charge in [0.05, 0.1) is 10.8 Å². The second-order valence-electron chi connectivity index (χ2n) is 4.26. The molecule has 7 nitrogen and oxygen atoms in total. The van der Waals surface area contributed by atoms with E-state index in [1.807, 2.05) is 4.90 Å². The van der Waals surface area contributed by atoms with E-state index in [1.165, 1.54) is 12.3 Å². The maximum Gasteiger partial charge on any atom is 0.308 e. The van der Waals surface area contributed by atoms with Crippen molar-refractivity contribution in [3.8, 4) is 0 Å².